The average molecular weight is 327 g/mol. The summed E-state index contributed by atoms with van der Waals surface area (Å²) in [6.45, 7) is 3.56. The van der Waals surface area contributed by atoms with Gasteiger partial charge in [-0.2, -0.15) is 0 Å². The fourth-order valence-corrected chi connectivity index (χ4v) is 2.96. The third-order valence-electron chi connectivity index (χ3n) is 3.46. The first kappa shape index (κ1) is 14.3. The molecule has 0 radical (unpaired) electrons. The second-order valence-electron chi connectivity index (χ2n) is 4.85. The molecule has 0 saturated carbocycles. The topological polar surface area (TPSA) is 64.3 Å². The van der Waals surface area contributed by atoms with Crippen molar-refractivity contribution in [3.05, 3.63) is 28.2 Å². The first-order valence-electron chi connectivity index (χ1n) is 6.56. The fourth-order valence-electron chi connectivity index (χ4n) is 2.45. The van der Waals surface area contributed by atoms with Crippen molar-refractivity contribution >= 4 is 27.5 Å². The van der Waals surface area contributed by atoms with Crippen LogP contribution in [0.15, 0.2) is 22.7 Å². The minimum Gasteiger partial charge on any atom is -0.399 e. The third kappa shape index (κ3) is 3.70. The molecule has 1 aliphatic heterocycles. The Kier molecular flexibility index (Phi) is 4.82. The van der Waals surface area contributed by atoms with E-state index in [0.717, 1.165) is 23.9 Å². The molecule has 104 valence electrons. The smallest absolute Gasteiger partial charge is 0.251 e. The van der Waals surface area contributed by atoms with E-state index in [1.807, 2.05) is 0 Å². The fraction of sp³-hybridized carbons (Fsp3) is 0.500. The Morgan fingerprint density at radius 2 is 2.32 bits per heavy atom. The Morgan fingerprint density at radius 3 is 3.00 bits per heavy atom. The summed E-state index contributed by atoms with van der Waals surface area (Å²) in [6.07, 6.45) is 2.27. The van der Waals surface area contributed by atoms with E-state index in [4.69, 9.17) is 10.5 Å². The second-order valence-corrected chi connectivity index (χ2v) is 5.77. The van der Waals surface area contributed by atoms with E-state index >= 15 is 0 Å². The van der Waals surface area contributed by atoms with Crippen LogP contribution in [-0.2, 0) is 4.74 Å². The normalized spacial score (nSPS) is 22.4. The van der Waals surface area contributed by atoms with E-state index in [0.29, 0.717) is 23.7 Å². The maximum atomic E-state index is 12.1. The van der Waals surface area contributed by atoms with Crippen molar-refractivity contribution in [1.29, 1.82) is 0 Å². The van der Waals surface area contributed by atoms with Gasteiger partial charge in [-0.25, -0.2) is 0 Å². The third-order valence-corrected chi connectivity index (χ3v) is 3.91. The molecule has 0 bridgehead atoms. The van der Waals surface area contributed by atoms with E-state index < -0.39 is 0 Å². The van der Waals surface area contributed by atoms with Gasteiger partial charge in [0.25, 0.3) is 5.91 Å². The number of rotatable bonds is 4. The maximum Gasteiger partial charge on any atom is 0.251 e. The molecule has 1 aliphatic rings. The molecule has 2 rings (SSSR count). The highest BCUT2D eigenvalue weighted by atomic mass is 79.9. The number of halogens is 1. The van der Waals surface area contributed by atoms with Gasteiger partial charge in [0.1, 0.15) is 0 Å². The molecule has 5 heteroatoms. The summed E-state index contributed by atoms with van der Waals surface area (Å²) in [6, 6.07) is 5.23. The Balaban J connectivity index is 1.94. The summed E-state index contributed by atoms with van der Waals surface area (Å²) in [4.78, 5) is 12.1. The average Bonchev–Trinajstić information content (AvgIpc) is 2.82. The maximum absolute atomic E-state index is 12.1. The number of carbonyl (C=O) groups excluding carboxylic acids is 1. The lowest BCUT2D eigenvalue weighted by atomic mass is 9.99. The number of nitrogens with one attached hydrogen (secondary N) is 1. The molecule has 4 nitrogen and oxygen atoms in total. The van der Waals surface area contributed by atoms with Crippen molar-refractivity contribution in [2.45, 2.75) is 25.9 Å². The van der Waals surface area contributed by atoms with E-state index in [1.54, 1.807) is 18.2 Å². The molecular weight excluding hydrogens is 308 g/mol. The number of anilines is 1. The van der Waals surface area contributed by atoms with Crippen molar-refractivity contribution in [1.82, 2.24) is 5.32 Å². The molecule has 0 spiro atoms. The number of nitrogen functional groups attached to an aromatic ring is 1. The summed E-state index contributed by atoms with van der Waals surface area (Å²) in [5, 5.41) is 2.96. The lowest BCUT2D eigenvalue weighted by Crippen LogP contribution is -2.32. The Hall–Kier alpha value is -1.07. The van der Waals surface area contributed by atoms with E-state index in [9.17, 15) is 4.79 Å². The quantitative estimate of drug-likeness (QED) is 0.836. The van der Waals surface area contributed by atoms with Crippen LogP contribution in [0.4, 0.5) is 5.69 Å². The Morgan fingerprint density at radius 1 is 1.53 bits per heavy atom. The highest BCUT2D eigenvalue weighted by Gasteiger charge is 2.26. The number of hydrogen-bond acceptors (Lipinski definition) is 3. The molecular formula is C14H19BrN2O2. The molecule has 2 atom stereocenters. The SMILES string of the molecule is CCC1OCCC1CNC(=O)c1cc(N)cc(Br)c1. The van der Waals surface area contributed by atoms with Crippen LogP contribution in [0.2, 0.25) is 0 Å². The second kappa shape index (κ2) is 6.39. The van der Waals surface area contributed by atoms with Gasteiger partial charge in [-0.15, -0.1) is 0 Å². The summed E-state index contributed by atoms with van der Waals surface area (Å²) >= 11 is 3.34. The summed E-state index contributed by atoms with van der Waals surface area (Å²) in [5.74, 6) is 0.327. The molecule has 1 aromatic carbocycles. The van der Waals surface area contributed by atoms with Crippen molar-refractivity contribution in [3.63, 3.8) is 0 Å². The number of hydrogen-bond donors (Lipinski definition) is 2. The zero-order valence-electron chi connectivity index (χ0n) is 11.0. The van der Waals surface area contributed by atoms with Gasteiger partial charge < -0.3 is 15.8 Å². The molecule has 0 aliphatic carbocycles. The lowest BCUT2D eigenvalue weighted by molar-refractivity contribution is 0.0827. The van der Waals surface area contributed by atoms with Gasteiger partial charge in [-0.1, -0.05) is 22.9 Å². The van der Waals surface area contributed by atoms with Crippen LogP contribution in [0.25, 0.3) is 0 Å². The van der Waals surface area contributed by atoms with Crippen molar-refractivity contribution in [2.75, 3.05) is 18.9 Å². The lowest BCUT2D eigenvalue weighted by Gasteiger charge is -2.17. The number of amides is 1. The zero-order chi connectivity index (χ0) is 13.8. The highest BCUT2D eigenvalue weighted by molar-refractivity contribution is 9.10. The first-order chi connectivity index (χ1) is 9.10. The monoisotopic (exact) mass is 326 g/mol. The first-order valence-corrected chi connectivity index (χ1v) is 7.35. The van der Waals surface area contributed by atoms with Crippen LogP contribution in [0.1, 0.15) is 30.1 Å². The number of ether oxygens (including phenoxy) is 1. The predicted molar refractivity (Wildman–Crippen MR) is 79.0 cm³/mol. The van der Waals surface area contributed by atoms with Crippen LogP contribution in [0.5, 0.6) is 0 Å². The molecule has 0 aromatic heterocycles. The van der Waals surface area contributed by atoms with Crippen LogP contribution in [0.3, 0.4) is 0 Å². The van der Waals surface area contributed by atoms with E-state index in [-0.39, 0.29) is 12.0 Å². The van der Waals surface area contributed by atoms with Gasteiger partial charge in [0.15, 0.2) is 0 Å². The number of benzene rings is 1. The van der Waals surface area contributed by atoms with E-state index in [2.05, 4.69) is 28.2 Å². The van der Waals surface area contributed by atoms with Gasteiger partial charge in [0.2, 0.25) is 0 Å². The van der Waals surface area contributed by atoms with Crippen molar-refractivity contribution in [3.8, 4) is 0 Å². The molecule has 1 heterocycles. The molecule has 1 amide bonds. The molecule has 1 aromatic rings. The van der Waals surface area contributed by atoms with Crippen LogP contribution >= 0.6 is 15.9 Å². The van der Waals surface area contributed by atoms with Gasteiger partial charge in [-0.3, -0.25) is 4.79 Å². The number of nitrogens with two attached hydrogens (primary N) is 1. The van der Waals surface area contributed by atoms with Crippen LogP contribution in [0, 0.1) is 5.92 Å². The van der Waals surface area contributed by atoms with E-state index in [1.165, 1.54) is 0 Å². The van der Waals surface area contributed by atoms with Gasteiger partial charge >= 0.3 is 0 Å². The molecule has 3 N–H and O–H groups in total. The summed E-state index contributed by atoms with van der Waals surface area (Å²) in [7, 11) is 0. The van der Waals surface area contributed by atoms with Gasteiger partial charge in [0.05, 0.1) is 6.10 Å². The largest absolute Gasteiger partial charge is 0.399 e. The summed E-state index contributed by atoms with van der Waals surface area (Å²) in [5.41, 5.74) is 6.89. The summed E-state index contributed by atoms with van der Waals surface area (Å²) < 4.78 is 6.43. The predicted octanol–water partition coefficient (Wildman–Crippen LogP) is 2.58. The van der Waals surface area contributed by atoms with Gasteiger partial charge in [-0.05, 0) is 31.0 Å². The van der Waals surface area contributed by atoms with Crippen LogP contribution < -0.4 is 11.1 Å². The Bertz CT molecular complexity index is 445. The van der Waals surface area contributed by atoms with Gasteiger partial charge in [0, 0.05) is 34.8 Å². The minimum atomic E-state index is -0.0882. The van der Waals surface area contributed by atoms with Crippen molar-refractivity contribution in [2.24, 2.45) is 5.92 Å². The standard InChI is InChI=1S/C14H19BrN2O2/c1-2-13-9(3-4-19-13)8-17-14(18)10-5-11(15)7-12(16)6-10/h5-7,9,13H,2-4,8,16H2,1H3,(H,17,18). The molecule has 1 saturated heterocycles. The molecule has 19 heavy (non-hydrogen) atoms. The highest BCUT2D eigenvalue weighted by Crippen LogP contribution is 2.23. The molecule has 2 unspecified atom stereocenters. The zero-order valence-corrected chi connectivity index (χ0v) is 12.6. The number of carbonyl (C=O) groups is 1. The van der Waals surface area contributed by atoms with Crippen molar-refractivity contribution < 1.29 is 9.53 Å². The van der Waals surface area contributed by atoms with Crippen LogP contribution in [-0.4, -0.2) is 25.2 Å². The minimum absolute atomic E-state index is 0.0882. The molecule has 1 fully saturated rings. The Labute approximate surface area is 121 Å².